The highest BCUT2D eigenvalue weighted by Crippen LogP contribution is 2.39. The standard InChI is InChI=1S/C17H14Cl2N4O3/c1-8-12(7-26-23-8)17(24)22-14-4-3-10(16(20)21-14)11-5-9(25-2)6-13(18)15(11)19/h3-7H,1-2H3,(H3,20,21,22,24). The molecule has 0 aliphatic heterocycles. The molecule has 1 amide bonds. The van der Waals surface area contributed by atoms with Gasteiger partial charge in [0.25, 0.3) is 5.91 Å². The van der Waals surface area contributed by atoms with E-state index in [1.54, 1.807) is 31.2 Å². The van der Waals surface area contributed by atoms with Gasteiger partial charge in [0.05, 0.1) is 22.8 Å². The molecule has 7 nitrogen and oxygen atoms in total. The lowest BCUT2D eigenvalue weighted by atomic mass is 10.1. The average Bonchev–Trinajstić information content (AvgIpc) is 3.04. The molecule has 1 aromatic carbocycles. The largest absolute Gasteiger partial charge is 0.497 e. The second-order valence-corrected chi connectivity index (χ2v) is 6.15. The van der Waals surface area contributed by atoms with Gasteiger partial charge in [0.15, 0.2) is 0 Å². The first-order valence-corrected chi connectivity index (χ1v) is 8.18. The van der Waals surface area contributed by atoms with E-state index in [1.165, 1.54) is 13.4 Å². The second-order valence-electron chi connectivity index (χ2n) is 5.37. The molecule has 2 aromatic heterocycles. The Hall–Kier alpha value is -2.77. The molecule has 3 aromatic rings. The van der Waals surface area contributed by atoms with Gasteiger partial charge in [0.2, 0.25) is 0 Å². The van der Waals surface area contributed by atoms with Crippen LogP contribution in [0.25, 0.3) is 11.1 Å². The van der Waals surface area contributed by atoms with Crippen molar-refractivity contribution in [2.45, 2.75) is 6.92 Å². The summed E-state index contributed by atoms with van der Waals surface area (Å²) in [5.41, 5.74) is 7.99. The zero-order valence-corrected chi connectivity index (χ0v) is 15.4. The quantitative estimate of drug-likeness (QED) is 0.689. The van der Waals surface area contributed by atoms with Gasteiger partial charge >= 0.3 is 0 Å². The lowest BCUT2D eigenvalue weighted by Crippen LogP contribution is -2.14. The maximum atomic E-state index is 12.2. The van der Waals surface area contributed by atoms with Crippen molar-refractivity contribution >= 4 is 40.7 Å². The van der Waals surface area contributed by atoms with Crippen molar-refractivity contribution < 1.29 is 14.1 Å². The van der Waals surface area contributed by atoms with Gasteiger partial charge in [0, 0.05) is 17.2 Å². The molecule has 0 saturated heterocycles. The number of rotatable bonds is 4. The molecule has 0 saturated carbocycles. The average molecular weight is 393 g/mol. The Morgan fingerprint density at radius 2 is 2.04 bits per heavy atom. The summed E-state index contributed by atoms with van der Waals surface area (Å²) in [5.74, 6) is 0.595. The maximum absolute atomic E-state index is 12.2. The predicted octanol–water partition coefficient (Wildman–Crippen LogP) is 4.19. The molecule has 3 N–H and O–H groups in total. The number of carbonyl (C=O) groups excluding carboxylic acids is 1. The SMILES string of the molecule is COc1cc(Cl)c(Cl)c(-c2ccc(NC(=O)c3conc3C)nc2N)c1. The minimum Gasteiger partial charge on any atom is -0.497 e. The molecule has 9 heteroatoms. The van der Waals surface area contributed by atoms with E-state index in [0.29, 0.717) is 38.2 Å². The van der Waals surface area contributed by atoms with Crippen molar-refractivity contribution in [2.75, 3.05) is 18.2 Å². The van der Waals surface area contributed by atoms with E-state index < -0.39 is 5.91 Å². The Kier molecular flexibility index (Phi) is 5.01. The van der Waals surface area contributed by atoms with Crippen LogP contribution < -0.4 is 15.8 Å². The Morgan fingerprint density at radius 1 is 1.27 bits per heavy atom. The van der Waals surface area contributed by atoms with E-state index in [1.807, 2.05) is 0 Å². The fourth-order valence-corrected chi connectivity index (χ4v) is 2.76. The number of benzene rings is 1. The molecule has 0 bridgehead atoms. The number of hydrogen-bond donors (Lipinski definition) is 2. The fraction of sp³-hybridized carbons (Fsp3) is 0.118. The van der Waals surface area contributed by atoms with Crippen molar-refractivity contribution in [3.05, 3.63) is 51.8 Å². The van der Waals surface area contributed by atoms with E-state index in [2.05, 4.69) is 15.5 Å². The summed E-state index contributed by atoms with van der Waals surface area (Å²) >= 11 is 12.4. The molecule has 134 valence electrons. The number of methoxy groups -OCH3 is 1. The molecule has 0 aliphatic rings. The molecule has 2 heterocycles. The van der Waals surface area contributed by atoms with E-state index in [0.717, 1.165) is 0 Å². The monoisotopic (exact) mass is 392 g/mol. The Balaban J connectivity index is 1.92. The number of carbonyl (C=O) groups is 1. The third-order valence-corrected chi connectivity index (χ3v) is 4.49. The highest BCUT2D eigenvalue weighted by molar-refractivity contribution is 6.44. The molecular formula is C17H14Cl2N4O3. The number of aryl methyl sites for hydroxylation is 1. The van der Waals surface area contributed by atoms with Crippen molar-refractivity contribution in [1.82, 2.24) is 10.1 Å². The molecule has 0 aliphatic carbocycles. The number of hydrogen-bond acceptors (Lipinski definition) is 6. The Labute approximate surface area is 159 Å². The van der Waals surface area contributed by atoms with Gasteiger partial charge < -0.3 is 20.3 Å². The van der Waals surface area contributed by atoms with Crippen molar-refractivity contribution in [1.29, 1.82) is 0 Å². The van der Waals surface area contributed by atoms with Gasteiger partial charge in [-0.1, -0.05) is 28.4 Å². The van der Waals surface area contributed by atoms with Gasteiger partial charge in [0.1, 0.15) is 29.2 Å². The summed E-state index contributed by atoms with van der Waals surface area (Å²) in [6.07, 6.45) is 1.26. The highest BCUT2D eigenvalue weighted by atomic mass is 35.5. The van der Waals surface area contributed by atoms with Crippen LogP contribution >= 0.6 is 23.2 Å². The van der Waals surface area contributed by atoms with Crippen LogP contribution in [0.15, 0.2) is 35.1 Å². The van der Waals surface area contributed by atoms with E-state index in [4.69, 9.17) is 38.2 Å². The van der Waals surface area contributed by atoms with Gasteiger partial charge in [-0.2, -0.15) is 0 Å². The molecule has 26 heavy (non-hydrogen) atoms. The summed E-state index contributed by atoms with van der Waals surface area (Å²) in [5, 5.41) is 6.97. The highest BCUT2D eigenvalue weighted by Gasteiger charge is 2.16. The Morgan fingerprint density at radius 3 is 2.65 bits per heavy atom. The third kappa shape index (κ3) is 3.44. The van der Waals surface area contributed by atoms with Gasteiger partial charge in [-0.3, -0.25) is 4.79 Å². The minimum atomic E-state index is -0.397. The first-order chi connectivity index (χ1) is 12.4. The number of amides is 1. The zero-order chi connectivity index (χ0) is 18.8. The number of halogens is 2. The molecular weight excluding hydrogens is 379 g/mol. The van der Waals surface area contributed by atoms with E-state index in [9.17, 15) is 4.79 Å². The number of nitrogens with two attached hydrogens (primary N) is 1. The van der Waals surface area contributed by atoms with Crippen LogP contribution in [0.1, 0.15) is 16.1 Å². The summed E-state index contributed by atoms with van der Waals surface area (Å²) in [6, 6.07) is 6.61. The number of nitrogen functional groups attached to an aromatic ring is 1. The van der Waals surface area contributed by atoms with Crippen molar-refractivity contribution in [2.24, 2.45) is 0 Å². The number of anilines is 2. The van der Waals surface area contributed by atoms with Gasteiger partial charge in [-0.15, -0.1) is 0 Å². The van der Waals surface area contributed by atoms with Crippen LogP contribution in [0.3, 0.4) is 0 Å². The summed E-state index contributed by atoms with van der Waals surface area (Å²) < 4.78 is 9.96. The summed E-state index contributed by atoms with van der Waals surface area (Å²) in [4.78, 5) is 16.4. The molecule has 0 spiro atoms. The predicted molar refractivity (Wildman–Crippen MR) is 99.9 cm³/mol. The van der Waals surface area contributed by atoms with Crippen molar-refractivity contribution in [3.8, 4) is 16.9 Å². The topological polar surface area (TPSA) is 103 Å². The maximum Gasteiger partial charge on any atom is 0.262 e. The first-order valence-electron chi connectivity index (χ1n) is 7.43. The summed E-state index contributed by atoms with van der Waals surface area (Å²) in [7, 11) is 1.52. The van der Waals surface area contributed by atoms with E-state index in [-0.39, 0.29) is 11.6 Å². The van der Waals surface area contributed by atoms with Gasteiger partial charge in [-0.25, -0.2) is 4.98 Å². The number of nitrogens with zero attached hydrogens (tertiary/aromatic N) is 2. The first kappa shape index (κ1) is 18.0. The molecule has 0 radical (unpaired) electrons. The lowest BCUT2D eigenvalue weighted by molar-refractivity contribution is 0.102. The van der Waals surface area contributed by atoms with Crippen LogP contribution in [-0.4, -0.2) is 23.2 Å². The van der Waals surface area contributed by atoms with Gasteiger partial charge in [-0.05, 0) is 25.1 Å². The smallest absolute Gasteiger partial charge is 0.262 e. The van der Waals surface area contributed by atoms with E-state index >= 15 is 0 Å². The number of pyridine rings is 1. The van der Waals surface area contributed by atoms with Crippen LogP contribution in [0.2, 0.25) is 10.0 Å². The second kappa shape index (κ2) is 7.23. The van der Waals surface area contributed by atoms with Crippen LogP contribution in [0.5, 0.6) is 5.75 Å². The molecule has 0 unspecified atom stereocenters. The molecule has 3 rings (SSSR count). The third-order valence-electron chi connectivity index (χ3n) is 3.69. The van der Waals surface area contributed by atoms with Crippen molar-refractivity contribution in [3.63, 3.8) is 0 Å². The Bertz CT molecular complexity index is 988. The minimum absolute atomic E-state index is 0.177. The lowest BCUT2D eigenvalue weighted by Gasteiger charge is -2.12. The zero-order valence-electron chi connectivity index (χ0n) is 13.8. The molecule has 0 fully saturated rings. The summed E-state index contributed by atoms with van der Waals surface area (Å²) in [6.45, 7) is 1.66. The molecule has 0 atom stereocenters. The number of ether oxygens (including phenoxy) is 1. The number of aromatic nitrogens is 2. The van der Waals surface area contributed by atoms with Crippen LogP contribution in [-0.2, 0) is 0 Å². The normalized spacial score (nSPS) is 10.6. The number of nitrogens with one attached hydrogen (secondary N) is 1. The van der Waals surface area contributed by atoms with Crippen LogP contribution in [0, 0.1) is 6.92 Å². The van der Waals surface area contributed by atoms with Crippen LogP contribution in [0.4, 0.5) is 11.6 Å². The fourth-order valence-electron chi connectivity index (χ4n) is 2.34.